The molecule has 0 spiro atoms. The second-order valence-corrected chi connectivity index (χ2v) is 5.86. The molecule has 0 bridgehead atoms. The lowest BCUT2D eigenvalue weighted by atomic mass is 10.2. The van der Waals surface area contributed by atoms with Crippen LogP contribution in [-0.2, 0) is 4.79 Å². The molecule has 0 aromatic heterocycles. The van der Waals surface area contributed by atoms with E-state index in [1.807, 2.05) is 6.07 Å². The lowest BCUT2D eigenvalue weighted by Crippen LogP contribution is -2.45. The largest absolute Gasteiger partial charge is 0.494 e. The number of nitrogens with one attached hydrogen (secondary N) is 2. The number of hydrogen-bond acceptors (Lipinski definition) is 3. The van der Waals surface area contributed by atoms with E-state index in [1.54, 1.807) is 43.3 Å². The van der Waals surface area contributed by atoms with Crippen molar-refractivity contribution >= 4 is 11.8 Å². The van der Waals surface area contributed by atoms with E-state index in [2.05, 4.69) is 10.6 Å². The van der Waals surface area contributed by atoms with Crippen LogP contribution in [0.25, 0.3) is 0 Å². The summed E-state index contributed by atoms with van der Waals surface area (Å²) in [6.45, 7) is 2.63. The maximum absolute atomic E-state index is 12.8. The zero-order valence-corrected chi connectivity index (χ0v) is 14.7. The third-order valence-electron chi connectivity index (χ3n) is 3.73. The van der Waals surface area contributed by atoms with Crippen molar-refractivity contribution in [2.45, 2.75) is 25.8 Å². The average molecular weight is 358 g/mol. The van der Waals surface area contributed by atoms with E-state index < -0.39 is 6.04 Å². The molecule has 1 atom stereocenters. The minimum absolute atomic E-state index is 0.228. The Labute approximate surface area is 152 Å². The predicted octanol–water partition coefficient (Wildman–Crippen LogP) is 2.92. The fraction of sp³-hybridized carbons (Fsp3) is 0.300. The van der Waals surface area contributed by atoms with Gasteiger partial charge < -0.3 is 15.4 Å². The monoisotopic (exact) mass is 358 g/mol. The van der Waals surface area contributed by atoms with Gasteiger partial charge >= 0.3 is 0 Å². The van der Waals surface area contributed by atoms with Gasteiger partial charge in [0.2, 0.25) is 5.91 Å². The summed E-state index contributed by atoms with van der Waals surface area (Å²) >= 11 is 0. The molecule has 0 fully saturated rings. The molecule has 2 N–H and O–H groups in total. The van der Waals surface area contributed by atoms with Crippen LogP contribution in [-0.4, -0.2) is 31.0 Å². The lowest BCUT2D eigenvalue weighted by molar-refractivity contribution is -0.122. The molecule has 2 amide bonds. The summed E-state index contributed by atoms with van der Waals surface area (Å²) < 4.78 is 18.3. The fourth-order valence-electron chi connectivity index (χ4n) is 2.25. The van der Waals surface area contributed by atoms with Crippen molar-refractivity contribution in [3.8, 4) is 5.75 Å². The summed E-state index contributed by atoms with van der Waals surface area (Å²) in [5.74, 6) is -0.184. The molecule has 138 valence electrons. The van der Waals surface area contributed by atoms with Crippen LogP contribution < -0.4 is 15.4 Å². The van der Waals surface area contributed by atoms with Crippen molar-refractivity contribution in [2.24, 2.45) is 0 Å². The van der Waals surface area contributed by atoms with E-state index in [0.717, 1.165) is 12.8 Å². The summed E-state index contributed by atoms with van der Waals surface area (Å²) in [4.78, 5) is 24.0. The SMILES string of the molecule is CC(NC(=O)c1ccccc1)C(=O)NCCCCOc1ccc(F)cc1. The highest BCUT2D eigenvalue weighted by Gasteiger charge is 2.15. The molecule has 0 aliphatic rings. The highest BCUT2D eigenvalue weighted by atomic mass is 19.1. The molecule has 2 aromatic rings. The van der Waals surface area contributed by atoms with Crippen molar-refractivity contribution in [3.05, 3.63) is 66.0 Å². The molecule has 6 heteroatoms. The Balaban J connectivity index is 1.59. The first kappa shape index (κ1) is 19.4. The van der Waals surface area contributed by atoms with Crippen LogP contribution in [0.15, 0.2) is 54.6 Å². The van der Waals surface area contributed by atoms with Crippen LogP contribution in [0.3, 0.4) is 0 Å². The number of hydrogen-bond donors (Lipinski definition) is 2. The first-order chi connectivity index (χ1) is 12.6. The Kier molecular flexibility index (Phi) is 7.61. The van der Waals surface area contributed by atoms with Gasteiger partial charge in [-0.3, -0.25) is 9.59 Å². The van der Waals surface area contributed by atoms with Gasteiger partial charge in [-0.05, 0) is 56.2 Å². The second kappa shape index (κ2) is 10.2. The van der Waals surface area contributed by atoms with Gasteiger partial charge in [0.05, 0.1) is 6.61 Å². The number of rotatable bonds is 9. The van der Waals surface area contributed by atoms with Gasteiger partial charge in [-0.2, -0.15) is 0 Å². The summed E-state index contributed by atoms with van der Waals surface area (Å²) in [5, 5.41) is 5.45. The van der Waals surface area contributed by atoms with E-state index in [1.165, 1.54) is 12.1 Å². The second-order valence-electron chi connectivity index (χ2n) is 5.86. The Morgan fingerprint density at radius 3 is 2.42 bits per heavy atom. The molecule has 0 saturated heterocycles. The molecular weight excluding hydrogens is 335 g/mol. The van der Waals surface area contributed by atoms with E-state index in [-0.39, 0.29) is 17.6 Å². The Hall–Kier alpha value is -2.89. The first-order valence-electron chi connectivity index (χ1n) is 8.58. The van der Waals surface area contributed by atoms with Crippen molar-refractivity contribution < 1.29 is 18.7 Å². The zero-order chi connectivity index (χ0) is 18.8. The van der Waals surface area contributed by atoms with E-state index in [9.17, 15) is 14.0 Å². The van der Waals surface area contributed by atoms with E-state index in [4.69, 9.17) is 4.74 Å². The van der Waals surface area contributed by atoms with Gasteiger partial charge in [-0.1, -0.05) is 18.2 Å². The molecule has 0 aliphatic carbocycles. The molecule has 26 heavy (non-hydrogen) atoms. The molecule has 5 nitrogen and oxygen atoms in total. The quantitative estimate of drug-likeness (QED) is 0.677. The smallest absolute Gasteiger partial charge is 0.251 e. The minimum Gasteiger partial charge on any atom is -0.494 e. The van der Waals surface area contributed by atoms with Gasteiger partial charge in [-0.25, -0.2) is 4.39 Å². The Bertz CT molecular complexity index is 705. The van der Waals surface area contributed by atoms with Crippen molar-refractivity contribution in [1.29, 1.82) is 0 Å². The number of benzene rings is 2. The summed E-state index contributed by atoms with van der Waals surface area (Å²) in [6, 6.07) is 14.0. The van der Waals surface area contributed by atoms with Gasteiger partial charge in [0, 0.05) is 12.1 Å². The minimum atomic E-state index is -0.613. The van der Waals surface area contributed by atoms with Crippen LogP contribution in [0.5, 0.6) is 5.75 Å². The highest BCUT2D eigenvalue weighted by Crippen LogP contribution is 2.11. The number of carbonyl (C=O) groups is 2. The summed E-state index contributed by atoms with van der Waals surface area (Å²) in [5.41, 5.74) is 0.519. The fourth-order valence-corrected chi connectivity index (χ4v) is 2.25. The van der Waals surface area contributed by atoms with Crippen LogP contribution in [0.2, 0.25) is 0 Å². The lowest BCUT2D eigenvalue weighted by Gasteiger charge is -2.14. The standard InChI is InChI=1S/C20H23FN2O3/c1-15(23-20(25)16-7-3-2-4-8-16)19(24)22-13-5-6-14-26-18-11-9-17(21)10-12-18/h2-4,7-12,15H,5-6,13-14H2,1H3,(H,22,24)(H,23,25). The van der Waals surface area contributed by atoms with Crippen molar-refractivity contribution in [1.82, 2.24) is 10.6 Å². The number of halogens is 1. The molecule has 0 radical (unpaired) electrons. The average Bonchev–Trinajstić information content (AvgIpc) is 2.66. The zero-order valence-electron chi connectivity index (χ0n) is 14.7. The third-order valence-corrected chi connectivity index (χ3v) is 3.73. The number of amides is 2. The molecule has 2 rings (SSSR count). The van der Waals surface area contributed by atoms with Crippen LogP contribution in [0.1, 0.15) is 30.1 Å². The molecule has 1 unspecified atom stereocenters. The predicted molar refractivity (Wildman–Crippen MR) is 97.5 cm³/mol. The molecule has 0 saturated carbocycles. The summed E-state index contributed by atoms with van der Waals surface area (Å²) in [7, 11) is 0. The van der Waals surface area contributed by atoms with Gasteiger partial charge in [-0.15, -0.1) is 0 Å². The topological polar surface area (TPSA) is 67.4 Å². The number of ether oxygens (including phenoxy) is 1. The third kappa shape index (κ3) is 6.55. The highest BCUT2D eigenvalue weighted by molar-refractivity contribution is 5.97. The normalized spacial score (nSPS) is 11.5. The van der Waals surface area contributed by atoms with Crippen molar-refractivity contribution in [2.75, 3.05) is 13.2 Å². The van der Waals surface area contributed by atoms with Gasteiger partial charge in [0.15, 0.2) is 0 Å². The summed E-state index contributed by atoms with van der Waals surface area (Å²) in [6.07, 6.45) is 1.49. The molecular formula is C20H23FN2O3. The van der Waals surface area contributed by atoms with Gasteiger partial charge in [0.25, 0.3) is 5.91 Å². The first-order valence-corrected chi connectivity index (χ1v) is 8.58. The molecule has 0 heterocycles. The number of unbranched alkanes of at least 4 members (excludes halogenated alkanes) is 1. The van der Waals surface area contributed by atoms with Crippen LogP contribution in [0, 0.1) is 5.82 Å². The van der Waals surface area contributed by atoms with Crippen LogP contribution in [0.4, 0.5) is 4.39 Å². The van der Waals surface area contributed by atoms with Crippen LogP contribution >= 0.6 is 0 Å². The maximum atomic E-state index is 12.8. The Morgan fingerprint density at radius 1 is 1.04 bits per heavy atom. The molecule has 2 aromatic carbocycles. The van der Waals surface area contributed by atoms with Gasteiger partial charge in [0.1, 0.15) is 17.6 Å². The van der Waals surface area contributed by atoms with E-state index in [0.29, 0.717) is 24.5 Å². The van der Waals surface area contributed by atoms with Crippen molar-refractivity contribution in [3.63, 3.8) is 0 Å². The van der Waals surface area contributed by atoms with E-state index >= 15 is 0 Å². The maximum Gasteiger partial charge on any atom is 0.251 e. The molecule has 0 aliphatic heterocycles. The number of carbonyl (C=O) groups excluding carboxylic acids is 2. The Morgan fingerprint density at radius 2 is 1.73 bits per heavy atom.